The Morgan fingerprint density at radius 1 is 1.25 bits per heavy atom. The van der Waals surface area contributed by atoms with Crippen molar-refractivity contribution in [2.75, 3.05) is 24.2 Å². The van der Waals surface area contributed by atoms with Gasteiger partial charge in [0.25, 0.3) is 11.7 Å². The van der Waals surface area contributed by atoms with Crippen LogP contribution in [0.4, 0.5) is 19.0 Å². The average Bonchev–Trinajstić information content (AvgIpc) is 3.73. The third-order valence-electron chi connectivity index (χ3n) is 8.01. The van der Waals surface area contributed by atoms with Crippen LogP contribution in [0.25, 0.3) is 0 Å². The minimum Gasteiger partial charge on any atom is -0.767 e. The van der Waals surface area contributed by atoms with Crippen LogP contribution in [-0.4, -0.2) is 71.5 Å². The van der Waals surface area contributed by atoms with Crippen LogP contribution in [0.15, 0.2) is 76.4 Å². The van der Waals surface area contributed by atoms with Crippen LogP contribution < -0.4 is 11.2 Å². The largest absolute Gasteiger partial charge is 0.767 e. The molecule has 228 valence electrons. The summed E-state index contributed by atoms with van der Waals surface area (Å²) in [6.07, 6.45) is 1.64. The number of carbonyl (C=O) groups excluding carboxylic acids is 2. The monoisotopic (exact) mass is 626 g/mol. The van der Waals surface area contributed by atoms with E-state index in [9.17, 15) is 37.1 Å². The maximum Gasteiger partial charge on any atom is 0.416 e. The molecule has 1 saturated carbocycles. The van der Waals surface area contributed by atoms with Crippen molar-refractivity contribution in [1.82, 2.24) is 9.88 Å². The molecule has 1 aromatic carbocycles. The molecule has 3 atom stereocenters. The van der Waals surface area contributed by atoms with Gasteiger partial charge in [0.05, 0.1) is 34.9 Å². The fourth-order valence-corrected chi connectivity index (χ4v) is 7.02. The first-order valence-corrected chi connectivity index (χ1v) is 15.1. The van der Waals surface area contributed by atoms with Crippen molar-refractivity contribution in [2.45, 2.75) is 24.3 Å². The number of hydrogen-bond donors (Lipinski definition) is 3. The zero-order valence-electron chi connectivity index (χ0n) is 22.9. The summed E-state index contributed by atoms with van der Waals surface area (Å²) in [6, 6.07) is 9.53. The highest BCUT2D eigenvalue weighted by molar-refractivity contribution is 8.25. The Bertz CT molecular complexity index is 1730. The number of amidine groups is 1. The molecule has 2 fully saturated rings. The first-order valence-electron chi connectivity index (χ1n) is 13.4. The Kier molecular flexibility index (Phi) is 6.98. The van der Waals surface area contributed by atoms with Gasteiger partial charge >= 0.3 is 6.18 Å². The maximum absolute atomic E-state index is 13.4. The summed E-state index contributed by atoms with van der Waals surface area (Å²) in [6.45, 7) is -0.100. The van der Waals surface area contributed by atoms with E-state index in [-0.39, 0.29) is 47.7 Å². The average molecular weight is 627 g/mol. The second-order valence-corrected chi connectivity index (χ2v) is 13.2. The van der Waals surface area contributed by atoms with E-state index in [1.54, 1.807) is 0 Å². The summed E-state index contributed by atoms with van der Waals surface area (Å²) in [4.78, 5) is 39.9. The zero-order chi connectivity index (χ0) is 31.5. The van der Waals surface area contributed by atoms with Crippen molar-refractivity contribution in [3.05, 3.63) is 83.1 Å². The Morgan fingerprint density at radius 3 is 2.64 bits per heavy atom. The highest BCUT2D eigenvalue weighted by Gasteiger charge is 2.54. The third kappa shape index (κ3) is 5.08. The zero-order valence-corrected chi connectivity index (χ0v) is 23.7. The Hall–Kier alpha value is -4.40. The Balaban J connectivity index is 1.28. The number of allylic oxidation sites excluding steroid dienone is 1. The number of fused-ring (bicyclic) bond motifs is 1. The first-order chi connectivity index (χ1) is 20.8. The van der Waals surface area contributed by atoms with Gasteiger partial charge in [-0.1, -0.05) is 0 Å². The summed E-state index contributed by atoms with van der Waals surface area (Å²) in [5.74, 6) is 5.47. The standard InChI is InChI=1S/C28H25F3N8O4S/c29-28(30,31)19-5-8-35-22(13-19)36-25(40)18-3-1-17(2-4-18)24-37-23(20-14-34-9-11-39(20,24)33)21-15-38(10-12-44(21,42)43)26(41)27(16-32)6-7-27/h1-5,8-9,11,13-14,21H,6-7,10,12,15,33H2,(H2-,35,36,40,42,43). The summed E-state index contributed by atoms with van der Waals surface area (Å²) >= 11 is 0. The van der Waals surface area contributed by atoms with Crippen LogP contribution in [0.1, 0.15) is 34.3 Å². The van der Waals surface area contributed by atoms with E-state index in [0.717, 1.165) is 18.3 Å². The van der Waals surface area contributed by atoms with Gasteiger partial charge in [-0.2, -0.15) is 29.3 Å². The van der Waals surface area contributed by atoms with Gasteiger partial charge in [0.1, 0.15) is 23.1 Å². The van der Waals surface area contributed by atoms with Gasteiger partial charge in [-0.15, -0.1) is 4.59 Å². The number of nitrogens with zero attached hydrogens (tertiary/aromatic N) is 6. The maximum atomic E-state index is 13.4. The SMILES string of the molecule is N#CC1(C(=O)N2CCS([O-])(O)C(C3=C4C=NC=C[N+]4(N)C(c4ccc(C(=O)Nc5cc(C(F)(F)F)ccn5)cc4)=N3)C2)CC1. The van der Waals surface area contributed by atoms with Gasteiger partial charge < -0.3 is 29.9 Å². The normalized spacial score (nSPS) is 28.4. The predicted molar refractivity (Wildman–Crippen MR) is 153 cm³/mol. The van der Waals surface area contributed by atoms with Crippen LogP contribution >= 0.6 is 10.6 Å². The highest BCUT2D eigenvalue weighted by Crippen LogP contribution is 2.54. The van der Waals surface area contributed by atoms with Gasteiger partial charge in [0.2, 0.25) is 11.6 Å². The van der Waals surface area contributed by atoms with Crippen LogP contribution in [0.3, 0.4) is 0 Å². The number of aliphatic imine (C=N–C) groups is 2. The summed E-state index contributed by atoms with van der Waals surface area (Å²) < 4.78 is 63.0. The van der Waals surface area contributed by atoms with Crippen LogP contribution in [0, 0.1) is 16.7 Å². The van der Waals surface area contributed by atoms with Gasteiger partial charge in [0.15, 0.2) is 0 Å². The number of alkyl halides is 3. The molecule has 1 aromatic heterocycles. The number of rotatable bonds is 5. The Labute approximate surface area is 250 Å². The number of pyridine rings is 1. The molecule has 1 saturated heterocycles. The lowest BCUT2D eigenvalue weighted by molar-refractivity contribution is -0.750. The van der Waals surface area contributed by atoms with Gasteiger partial charge in [-0.05, 0) is 49.2 Å². The summed E-state index contributed by atoms with van der Waals surface area (Å²) in [5.41, 5.74) is -0.981. The minimum absolute atomic E-state index is 0.0312. The lowest BCUT2D eigenvalue weighted by Gasteiger charge is -2.56. The van der Waals surface area contributed by atoms with Crippen LogP contribution in [0.5, 0.6) is 0 Å². The quantitative estimate of drug-likeness (QED) is 0.336. The number of nitriles is 1. The van der Waals surface area contributed by atoms with Crippen molar-refractivity contribution in [2.24, 2.45) is 21.2 Å². The van der Waals surface area contributed by atoms with Crippen molar-refractivity contribution in [3.63, 3.8) is 0 Å². The molecule has 2 aromatic rings. The first kappa shape index (κ1) is 29.7. The van der Waals surface area contributed by atoms with E-state index in [1.165, 1.54) is 47.8 Å². The van der Waals surface area contributed by atoms with Gasteiger partial charge in [0, 0.05) is 30.6 Å². The number of aromatic nitrogens is 1. The topological polar surface area (TPSA) is 180 Å². The van der Waals surface area contributed by atoms with E-state index >= 15 is 0 Å². The molecule has 2 amide bonds. The molecule has 4 N–H and O–H groups in total. The molecular weight excluding hydrogens is 601 g/mol. The van der Waals surface area contributed by atoms with Crippen molar-refractivity contribution in [1.29, 1.82) is 5.26 Å². The second kappa shape index (κ2) is 10.4. The number of hydrogen-bond acceptors (Lipinski definition) is 9. The van der Waals surface area contributed by atoms with E-state index in [0.29, 0.717) is 24.1 Å². The van der Waals surface area contributed by atoms with E-state index in [4.69, 9.17) is 10.8 Å². The van der Waals surface area contributed by atoms with Gasteiger partial charge in [-0.25, -0.2) is 4.98 Å². The lowest BCUT2D eigenvalue weighted by Crippen LogP contribution is -2.53. The van der Waals surface area contributed by atoms with Crippen molar-refractivity contribution < 1.29 is 36.5 Å². The Morgan fingerprint density at radius 2 is 1.98 bits per heavy atom. The number of benzene rings is 1. The molecule has 0 spiro atoms. The number of nitrogens with two attached hydrogens (primary N) is 1. The molecule has 0 radical (unpaired) electrons. The fourth-order valence-electron chi connectivity index (χ4n) is 5.31. The second-order valence-electron chi connectivity index (χ2n) is 10.8. The molecular formula is C28H25F3N8O4S. The van der Waals surface area contributed by atoms with Crippen molar-refractivity contribution in [3.8, 4) is 6.07 Å². The number of amides is 2. The smallest absolute Gasteiger partial charge is 0.416 e. The molecule has 3 unspecified atom stereocenters. The van der Waals surface area contributed by atoms with Gasteiger partial charge in [-0.3, -0.25) is 14.6 Å². The number of nitrogens with one attached hydrogen (secondary N) is 1. The fraction of sp³-hybridized carbons (Fsp3) is 0.286. The molecule has 16 heteroatoms. The molecule has 44 heavy (non-hydrogen) atoms. The molecule has 0 bridgehead atoms. The van der Waals surface area contributed by atoms with E-state index in [2.05, 4.69) is 21.4 Å². The summed E-state index contributed by atoms with van der Waals surface area (Å²) in [7, 11) is -3.52. The van der Waals surface area contributed by atoms with Crippen molar-refractivity contribution >= 4 is 40.3 Å². The predicted octanol–water partition coefficient (Wildman–Crippen LogP) is 3.49. The number of anilines is 1. The number of carbonyl (C=O) groups is 2. The third-order valence-corrected chi connectivity index (χ3v) is 10.0. The van der Waals surface area contributed by atoms with E-state index in [1.807, 2.05) is 0 Å². The highest BCUT2D eigenvalue weighted by atomic mass is 32.3. The minimum atomic E-state index is -4.60. The lowest BCUT2D eigenvalue weighted by atomic mass is 10.1. The van der Waals surface area contributed by atoms with Crippen LogP contribution in [0.2, 0.25) is 0 Å². The molecule has 4 heterocycles. The molecule has 4 aliphatic rings. The number of halogens is 3. The molecule has 3 aliphatic heterocycles. The number of quaternary nitrogens is 1. The van der Waals surface area contributed by atoms with Crippen LogP contribution in [-0.2, 0) is 11.0 Å². The molecule has 12 nitrogen and oxygen atoms in total. The van der Waals surface area contributed by atoms with E-state index < -0.39 is 43.5 Å². The summed E-state index contributed by atoms with van der Waals surface area (Å²) in [5, 5.41) is 10.7. The molecule has 1 aliphatic carbocycles. The molecule has 6 rings (SSSR count).